The number of pyridine rings is 1. The minimum atomic E-state index is -0.825. The molecule has 0 saturated carbocycles. The molecule has 0 spiro atoms. The third-order valence-corrected chi connectivity index (χ3v) is 7.28. The number of nitrogens with one attached hydrogen (secondary N) is 1. The normalized spacial score (nSPS) is 11.0. The van der Waals surface area contributed by atoms with Crippen molar-refractivity contribution in [3.63, 3.8) is 0 Å². The molecule has 0 aliphatic rings. The number of carbonyl (C=O) groups excluding carboxylic acids is 1. The molecule has 0 saturated heterocycles. The van der Waals surface area contributed by atoms with Gasteiger partial charge >= 0.3 is 11.7 Å². The second-order valence-corrected chi connectivity index (χ2v) is 10.1. The van der Waals surface area contributed by atoms with Crippen LogP contribution in [0.4, 0.5) is 15.8 Å². The first-order valence-corrected chi connectivity index (χ1v) is 13.3. The number of ether oxygens (including phenoxy) is 2. The highest BCUT2D eigenvalue weighted by Gasteiger charge is 2.25. The second-order valence-electron chi connectivity index (χ2n) is 10.1. The summed E-state index contributed by atoms with van der Waals surface area (Å²) in [6.07, 6.45) is 0. The molecule has 0 aliphatic carbocycles. The number of nitrogens with zero attached hydrogens (tertiary/aromatic N) is 3. The Kier molecular flexibility index (Phi) is 7.73. The van der Waals surface area contributed by atoms with Crippen molar-refractivity contribution in [3.05, 3.63) is 126 Å². The minimum Gasteiger partial charge on any atom is -0.497 e. The Bertz CT molecular complexity index is 2080. The van der Waals surface area contributed by atoms with E-state index in [0.29, 0.717) is 22.6 Å². The predicted molar refractivity (Wildman–Crippen MR) is 162 cm³/mol. The van der Waals surface area contributed by atoms with Gasteiger partial charge in [-0.1, -0.05) is 24.3 Å². The Balaban J connectivity index is 1.88. The molecule has 0 amide bonds. The number of methoxy groups -OCH3 is 2. The van der Waals surface area contributed by atoms with Crippen LogP contribution in [0.25, 0.3) is 16.7 Å². The second kappa shape index (κ2) is 11.4. The highest BCUT2D eigenvalue weighted by Crippen LogP contribution is 2.28. The third-order valence-electron chi connectivity index (χ3n) is 7.28. The smallest absolute Gasteiger partial charge is 0.337 e. The van der Waals surface area contributed by atoms with E-state index in [1.54, 1.807) is 62.4 Å². The Labute approximate surface area is 245 Å². The van der Waals surface area contributed by atoms with Crippen molar-refractivity contribution in [1.29, 1.82) is 0 Å². The van der Waals surface area contributed by atoms with Crippen LogP contribution in [-0.2, 0) is 18.3 Å². The van der Waals surface area contributed by atoms with Gasteiger partial charge in [0.2, 0.25) is 0 Å². The third kappa shape index (κ3) is 5.21. The standard InChI is InChI=1S/C32H29FN4O6/c1-18-9-14-25(24(33)15-18)37-28-26(30(39)36(32(37)41)17-20-10-12-23(42-4)13-11-20)27(19(2)29(38)35(28)3)34-22-8-6-7-21(16-22)31(40)43-5/h6-16,34H,17H2,1-5H3. The number of aryl methyl sites for hydroxylation is 2. The number of aromatic nitrogens is 3. The number of hydrogen-bond acceptors (Lipinski definition) is 7. The van der Waals surface area contributed by atoms with Crippen LogP contribution in [0.2, 0.25) is 0 Å². The van der Waals surface area contributed by atoms with E-state index in [1.807, 2.05) is 0 Å². The predicted octanol–water partition coefficient (Wildman–Crippen LogP) is 4.19. The van der Waals surface area contributed by atoms with Gasteiger partial charge in [0.15, 0.2) is 0 Å². The topological polar surface area (TPSA) is 114 Å². The van der Waals surface area contributed by atoms with Gasteiger partial charge < -0.3 is 14.8 Å². The maximum Gasteiger partial charge on any atom is 0.337 e. The maximum atomic E-state index is 15.5. The van der Waals surface area contributed by atoms with Crippen LogP contribution in [0, 0.1) is 19.7 Å². The number of hydrogen-bond donors (Lipinski definition) is 1. The average Bonchev–Trinajstić information content (AvgIpc) is 3.01. The lowest BCUT2D eigenvalue weighted by molar-refractivity contribution is 0.0600. The van der Waals surface area contributed by atoms with Crippen molar-refractivity contribution in [2.45, 2.75) is 20.4 Å². The monoisotopic (exact) mass is 584 g/mol. The molecule has 2 aromatic heterocycles. The summed E-state index contributed by atoms with van der Waals surface area (Å²) in [4.78, 5) is 54.0. The molecule has 3 aromatic carbocycles. The van der Waals surface area contributed by atoms with Crippen molar-refractivity contribution >= 4 is 28.4 Å². The SMILES string of the molecule is COC(=O)c1cccc(Nc2c(C)c(=O)n(C)c3c2c(=O)n(Cc2ccc(OC)cc2)c(=O)n3-c2ccc(C)cc2F)c1. The fourth-order valence-corrected chi connectivity index (χ4v) is 5.02. The summed E-state index contributed by atoms with van der Waals surface area (Å²) in [5, 5.41) is 3.09. The molecule has 220 valence electrons. The number of esters is 1. The largest absolute Gasteiger partial charge is 0.497 e. The Morgan fingerprint density at radius 3 is 2.30 bits per heavy atom. The van der Waals surface area contributed by atoms with Gasteiger partial charge in [0, 0.05) is 18.3 Å². The Morgan fingerprint density at radius 2 is 1.65 bits per heavy atom. The molecule has 11 heteroatoms. The van der Waals surface area contributed by atoms with Crippen molar-refractivity contribution in [2.75, 3.05) is 19.5 Å². The number of halogens is 1. The van der Waals surface area contributed by atoms with Gasteiger partial charge in [-0.05, 0) is 67.4 Å². The summed E-state index contributed by atoms with van der Waals surface area (Å²) in [6.45, 7) is 3.12. The lowest BCUT2D eigenvalue weighted by Gasteiger charge is -2.21. The highest BCUT2D eigenvalue weighted by molar-refractivity contribution is 5.95. The fourth-order valence-electron chi connectivity index (χ4n) is 5.02. The zero-order valence-electron chi connectivity index (χ0n) is 24.2. The van der Waals surface area contributed by atoms with Gasteiger partial charge in [0.05, 0.1) is 37.7 Å². The molecule has 0 aliphatic heterocycles. The Morgan fingerprint density at radius 1 is 0.930 bits per heavy atom. The lowest BCUT2D eigenvalue weighted by Crippen LogP contribution is -2.42. The Hall–Kier alpha value is -5.45. The van der Waals surface area contributed by atoms with E-state index in [2.05, 4.69) is 5.32 Å². The van der Waals surface area contributed by atoms with Gasteiger partial charge in [-0.2, -0.15) is 0 Å². The molecule has 2 heterocycles. The van der Waals surface area contributed by atoms with E-state index in [1.165, 1.54) is 44.0 Å². The van der Waals surface area contributed by atoms with Crippen molar-refractivity contribution in [3.8, 4) is 11.4 Å². The highest BCUT2D eigenvalue weighted by atomic mass is 19.1. The molecule has 1 N–H and O–H groups in total. The minimum absolute atomic E-state index is 0.0174. The number of rotatable bonds is 7. The first-order valence-electron chi connectivity index (χ1n) is 13.3. The summed E-state index contributed by atoms with van der Waals surface area (Å²) < 4.78 is 28.7. The number of benzene rings is 3. The first-order chi connectivity index (χ1) is 20.5. The van der Waals surface area contributed by atoms with Crippen LogP contribution in [-0.4, -0.2) is 33.9 Å². The summed E-state index contributed by atoms with van der Waals surface area (Å²) in [5.41, 5.74) is -0.0521. The van der Waals surface area contributed by atoms with E-state index in [4.69, 9.17) is 9.47 Å². The molecule has 0 unspecified atom stereocenters. The molecule has 10 nitrogen and oxygen atoms in total. The molecular formula is C32H29FN4O6. The maximum absolute atomic E-state index is 15.5. The number of fused-ring (bicyclic) bond motifs is 1. The van der Waals surface area contributed by atoms with Gasteiger partial charge in [-0.3, -0.25) is 18.7 Å². The molecule has 5 rings (SSSR count). The fraction of sp³-hybridized carbons (Fsp3) is 0.188. The molecule has 0 fully saturated rings. The van der Waals surface area contributed by atoms with Crippen molar-refractivity contribution in [1.82, 2.24) is 13.7 Å². The van der Waals surface area contributed by atoms with E-state index in [0.717, 1.165) is 9.13 Å². The van der Waals surface area contributed by atoms with E-state index in [-0.39, 0.29) is 40.1 Å². The van der Waals surface area contributed by atoms with E-state index in [9.17, 15) is 19.2 Å². The molecule has 0 bridgehead atoms. The van der Waals surface area contributed by atoms with E-state index >= 15 is 4.39 Å². The van der Waals surface area contributed by atoms with Crippen LogP contribution >= 0.6 is 0 Å². The van der Waals surface area contributed by atoms with Gasteiger partial charge in [0.1, 0.15) is 22.6 Å². The zero-order valence-corrected chi connectivity index (χ0v) is 24.2. The molecular weight excluding hydrogens is 555 g/mol. The quantitative estimate of drug-likeness (QED) is 0.286. The molecule has 43 heavy (non-hydrogen) atoms. The number of anilines is 2. The van der Waals surface area contributed by atoms with Crippen LogP contribution in [0.15, 0.2) is 81.1 Å². The summed E-state index contributed by atoms with van der Waals surface area (Å²) in [6, 6.07) is 17.5. The average molecular weight is 585 g/mol. The molecule has 0 atom stereocenters. The van der Waals surface area contributed by atoms with Gasteiger partial charge in [-0.25, -0.2) is 18.5 Å². The summed E-state index contributed by atoms with van der Waals surface area (Å²) in [7, 11) is 4.21. The van der Waals surface area contributed by atoms with E-state index < -0.39 is 28.6 Å². The van der Waals surface area contributed by atoms with Gasteiger partial charge in [0.25, 0.3) is 11.1 Å². The number of carbonyl (C=O) groups is 1. The van der Waals surface area contributed by atoms with Crippen molar-refractivity contribution in [2.24, 2.45) is 7.05 Å². The summed E-state index contributed by atoms with van der Waals surface area (Å²) >= 11 is 0. The summed E-state index contributed by atoms with van der Waals surface area (Å²) in [5.74, 6) is -0.675. The van der Waals surface area contributed by atoms with Crippen LogP contribution in [0.3, 0.4) is 0 Å². The zero-order chi connectivity index (χ0) is 31.0. The van der Waals surface area contributed by atoms with Crippen molar-refractivity contribution < 1.29 is 18.7 Å². The lowest BCUT2D eigenvalue weighted by atomic mass is 10.1. The van der Waals surface area contributed by atoms with Crippen LogP contribution in [0.1, 0.15) is 27.0 Å². The van der Waals surface area contributed by atoms with Crippen LogP contribution < -0.4 is 26.9 Å². The van der Waals surface area contributed by atoms with Gasteiger partial charge in [-0.15, -0.1) is 0 Å². The molecule has 5 aromatic rings. The first kappa shape index (κ1) is 29.1. The molecule has 0 radical (unpaired) electrons. The van der Waals surface area contributed by atoms with Crippen LogP contribution in [0.5, 0.6) is 5.75 Å².